The summed E-state index contributed by atoms with van der Waals surface area (Å²) >= 11 is 0. The molecule has 4 heteroatoms. The Hall–Kier alpha value is -2.49. The van der Waals surface area contributed by atoms with Gasteiger partial charge < -0.3 is 15.0 Å². The molecule has 0 atom stereocenters. The monoisotopic (exact) mass is 312 g/mol. The number of nitrogens with zero attached hydrogens (tertiary/aromatic N) is 1. The van der Waals surface area contributed by atoms with Crippen molar-refractivity contribution in [2.75, 3.05) is 32.1 Å². The van der Waals surface area contributed by atoms with Gasteiger partial charge in [-0.25, -0.2) is 0 Å². The summed E-state index contributed by atoms with van der Waals surface area (Å²) in [6.07, 6.45) is 1.20. The van der Waals surface area contributed by atoms with Gasteiger partial charge in [0, 0.05) is 26.3 Å². The Labute approximate surface area is 138 Å². The Balaban J connectivity index is 1.62. The van der Waals surface area contributed by atoms with E-state index < -0.39 is 0 Å². The largest absolute Gasteiger partial charge is 0.493 e. The third-order valence-electron chi connectivity index (χ3n) is 3.53. The summed E-state index contributed by atoms with van der Waals surface area (Å²) in [4.78, 5) is 13.8. The second kappa shape index (κ2) is 8.83. The molecule has 23 heavy (non-hydrogen) atoms. The molecule has 1 amide bonds. The summed E-state index contributed by atoms with van der Waals surface area (Å²) in [5.41, 5.74) is 2.40. The van der Waals surface area contributed by atoms with Crippen LogP contribution in [0.3, 0.4) is 0 Å². The van der Waals surface area contributed by atoms with Gasteiger partial charge in [-0.1, -0.05) is 30.3 Å². The van der Waals surface area contributed by atoms with Gasteiger partial charge in [0.25, 0.3) is 0 Å². The van der Waals surface area contributed by atoms with Crippen LogP contribution in [0.4, 0.5) is 5.69 Å². The van der Waals surface area contributed by atoms with Crippen LogP contribution in [-0.2, 0) is 11.2 Å². The molecule has 4 nitrogen and oxygen atoms in total. The smallest absolute Gasteiger partial charge is 0.223 e. The minimum Gasteiger partial charge on any atom is -0.493 e. The third kappa shape index (κ3) is 6.02. The van der Waals surface area contributed by atoms with E-state index >= 15 is 0 Å². The van der Waals surface area contributed by atoms with Crippen LogP contribution < -0.4 is 15.0 Å². The molecule has 0 radical (unpaired) electrons. The van der Waals surface area contributed by atoms with Gasteiger partial charge in [-0.05, 0) is 36.2 Å². The zero-order valence-electron chi connectivity index (χ0n) is 13.8. The van der Waals surface area contributed by atoms with Gasteiger partial charge in [0.1, 0.15) is 5.75 Å². The summed E-state index contributed by atoms with van der Waals surface area (Å²) in [5.74, 6) is 0.812. The van der Waals surface area contributed by atoms with Crippen LogP contribution in [0.25, 0.3) is 0 Å². The molecule has 122 valence electrons. The number of amides is 1. The molecular weight excluding hydrogens is 288 g/mol. The van der Waals surface area contributed by atoms with Crippen LogP contribution in [0, 0.1) is 0 Å². The van der Waals surface area contributed by atoms with Crippen LogP contribution in [0.1, 0.15) is 12.0 Å². The van der Waals surface area contributed by atoms with Crippen molar-refractivity contribution in [3.8, 4) is 5.75 Å². The first-order valence-corrected chi connectivity index (χ1v) is 7.86. The van der Waals surface area contributed by atoms with Gasteiger partial charge in [-0.3, -0.25) is 4.79 Å². The Morgan fingerprint density at radius 3 is 2.39 bits per heavy atom. The highest BCUT2D eigenvalue weighted by Crippen LogP contribution is 2.12. The van der Waals surface area contributed by atoms with Gasteiger partial charge in [-0.15, -0.1) is 0 Å². The molecular formula is C19H24N2O2. The molecule has 1 N–H and O–H groups in total. The van der Waals surface area contributed by atoms with E-state index in [4.69, 9.17) is 4.74 Å². The molecule has 0 aliphatic carbocycles. The molecule has 0 aliphatic rings. The Bertz CT molecular complexity index is 595. The first kappa shape index (κ1) is 16.9. The molecule has 2 rings (SSSR count). The zero-order chi connectivity index (χ0) is 16.5. The van der Waals surface area contributed by atoms with Crippen LogP contribution >= 0.6 is 0 Å². The maximum atomic E-state index is 11.8. The van der Waals surface area contributed by atoms with Crippen molar-refractivity contribution >= 4 is 11.6 Å². The fourth-order valence-electron chi connectivity index (χ4n) is 2.17. The normalized spacial score (nSPS) is 10.2. The number of benzene rings is 2. The number of carbonyl (C=O) groups excluding carboxylic acids is 1. The van der Waals surface area contributed by atoms with E-state index in [9.17, 15) is 4.79 Å². The fraction of sp³-hybridized carbons (Fsp3) is 0.316. The first-order valence-electron chi connectivity index (χ1n) is 7.86. The maximum Gasteiger partial charge on any atom is 0.223 e. The molecule has 0 aromatic heterocycles. The topological polar surface area (TPSA) is 41.6 Å². The number of ether oxygens (including phenoxy) is 1. The summed E-state index contributed by atoms with van der Waals surface area (Å²) in [5, 5.41) is 2.93. The average Bonchev–Trinajstić information content (AvgIpc) is 2.56. The highest BCUT2D eigenvalue weighted by atomic mass is 16.5. The molecule has 0 saturated carbocycles. The lowest BCUT2D eigenvalue weighted by atomic mass is 10.1. The van der Waals surface area contributed by atoms with Crippen molar-refractivity contribution in [3.63, 3.8) is 0 Å². The Kier molecular flexibility index (Phi) is 6.48. The SMILES string of the molecule is CN(C)c1ccc(CCNC(=O)CCOc2ccccc2)cc1. The number of nitrogens with one attached hydrogen (secondary N) is 1. The molecule has 0 saturated heterocycles. The van der Waals surface area contributed by atoms with E-state index in [0.717, 1.165) is 12.2 Å². The van der Waals surface area contributed by atoms with Gasteiger partial charge >= 0.3 is 0 Å². The minimum atomic E-state index is 0.0193. The number of anilines is 1. The standard InChI is InChI=1S/C19H24N2O2/c1-21(2)17-10-8-16(9-11-17)12-14-20-19(22)13-15-23-18-6-4-3-5-7-18/h3-11H,12-15H2,1-2H3,(H,20,22). The van der Waals surface area contributed by atoms with E-state index in [1.54, 1.807) is 0 Å². The highest BCUT2D eigenvalue weighted by Gasteiger charge is 2.02. The van der Waals surface area contributed by atoms with Crippen LogP contribution in [0.2, 0.25) is 0 Å². The second-order valence-corrected chi connectivity index (χ2v) is 5.57. The van der Waals surface area contributed by atoms with Crippen LogP contribution in [-0.4, -0.2) is 33.2 Å². The second-order valence-electron chi connectivity index (χ2n) is 5.57. The van der Waals surface area contributed by atoms with E-state index in [-0.39, 0.29) is 5.91 Å². The lowest BCUT2D eigenvalue weighted by Gasteiger charge is -2.12. The Morgan fingerprint density at radius 1 is 1.04 bits per heavy atom. The predicted octanol–water partition coefficient (Wildman–Crippen LogP) is 2.88. The van der Waals surface area contributed by atoms with Crippen molar-refractivity contribution < 1.29 is 9.53 Å². The van der Waals surface area contributed by atoms with Crippen molar-refractivity contribution in [1.29, 1.82) is 0 Å². The number of hydrogen-bond donors (Lipinski definition) is 1. The molecule has 2 aromatic carbocycles. The lowest BCUT2D eigenvalue weighted by molar-refractivity contribution is -0.121. The molecule has 0 unspecified atom stereocenters. The van der Waals surface area contributed by atoms with E-state index in [1.165, 1.54) is 11.3 Å². The maximum absolute atomic E-state index is 11.8. The van der Waals surface area contributed by atoms with Gasteiger partial charge in [0.15, 0.2) is 0 Å². The summed E-state index contributed by atoms with van der Waals surface area (Å²) < 4.78 is 5.51. The van der Waals surface area contributed by atoms with Gasteiger partial charge in [-0.2, -0.15) is 0 Å². The van der Waals surface area contributed by atoms with Gasteiger partial charge in [0.2, 0.25) is 5.91 Å². The van der Waals surface area contributed by atoms with Crippen molar-refractivity contribution in [2.45, 2.75) is 12.8 Å². The van der Waals surface area contributed by atoms with Crippen molar-refractivity contribution in [3.05, 3.63) is 60.2 Å². The molecule has 0 bridgehead atoms. The van der Waals surface area contributed by atoms with Crippen LogP contribution in [0.5, 0.6) is 5.75 Å². The number of para-hydroxylation sites is 1. The van der Waals surface area contributed by atoms with E-state index in [1.807, 2.05) is 44.4 Å². The summed E-state index contributed by atoms with van der Waals surface area (Å²) in [6, 6.07) is 17.9. The van der Waals surface area contributed by atoms with Gasteiger partial charge in [0.05, 0.1) is 13.0 Å². The van der Waals surface area contributed by atoms with Crippen LogP contribution in [0.15, 0.2) is 54.6 Å². The minimum absolute atomic E-state index is 0.0193. The molecule has 0 aliphatic heterocycles. The number of carbonyl (C=O) groups is 1. The number of rotatable bonds is 8. The predicted molar refractivity (Wildman–Crippen MR) is 94.0 cm³/mol. The highest BCUT2D eigenvalue weighted by molar-refractivity contribution is 5.76. The van der Waals surface area contributed by atoms with Crippen molar-refractivity contribution in [1.82, 2.24) is 5.32 Å². The third-order valence-corrected chi connectivity index (χ3v) is 3.53. The molecule has 0 fully saturated rings. The zero-order valence-corrected chi connectivity index (χ0v) is 13.8. The molecule has 2 aromatic rings. The van der Waals surface area contributed by atoms with E-state index in [2.05, 4.69) is 34.5 Å². The van der Waals surface area contributed by atoms with Crippen molar-refractivity contribution in [2.24, 2.45) is 0 Å². The summed E-state index contributed by atoms with van der Waals surface area (Å²) in [6.45, 7) is 1.04. The van der Waals surface area contributed by atoms with E-state index in [0.29, 0.717) is 19.6 Å². The quantitative estimate of drug-likeness (QED) is 0.815. The lowest BCUT2D eigenvalue weighted by Crippen LogP contribution is -2.27. The number of hydrogen-bond acceptors (Lipinski definition) is 3. The summed E-state index contributed by atoms with van der Waals surface area (Å²) in [7, 11) is 4.04. The average molecular weight is 312 g/mol. The fourth-order valence-corrected chi connectivity index (χ4v) is 2.17. The molecule has 0 heterocycles. The Morgan fingerprint density at radius 2 is 1.74 bits per heavy atom. The first-order chi connectivity index (χ1) is 11.1. The molecule has 0 spiro atoms.